The number of ketones is 2. The molecular weight excluding hydrogens is 260 g/mol. The molecule has 0 spiro atoms. The minimum absolute atomic E-state index is 0.110. The highest BCUT2D eigenvalue weighted by Crippen LogP contribution is 2.20. The predicted molar refractivity (Wildman–Crippen MR) is 79.2 cm³/mol. The van der Waals surface area contributed by atoms with Crippen LogP contribution >= 0.6 is 11.6 Å². The van der Waals surface area contributed by atoms with E-state index in [1.807, 2.05) is 12.1 Å². The number of carbonyl (C=O) groups excluding carboxylic acids is 2. The second-order valence-electron chi connectivity index (χ2n) is 4.99. The summed E-state index contributed by atoms with van der Waals surface area (Å²) in [6.07, 6.45) is 2.77. The standard InChI is InChI=1S/C16H19ClO2/c1-11(2)8-9-16(19)14(12(3)18)10-13-6-4-5-7-15(13)17/h4-7,10-11H,8-9H2,1-3H3/b14-10-. The van der Waals surface area contributed by atoms with E-state index in [9.17, 15) is 9.59 Å². The highest BCUT2D eigenvalue weighted by atomic mass is 35.5. The van der Waals surface area contributed by atoms with Crippen molar-refractivity contribution in [1.82, 2.24) is 0 Å². The van der Waals surface area contributed by atoms with Crippen LogP contribution in [-0.4, -0.2) is 11.6 Å². The summed E-state index contributed by atoms with van der Waals surface area (Å²) in [6, 6.07) is 7.17. The average molecular weight is 279 g/mol. The smallest absolute Gasteiger partial charge is 0.166 e. The Labute approximate surface area is 119 Å². The third kappa shape index (κ3) is 4.99. The van der Waals surface area contributed by atoms with E-state index in [2.05, 4.69) is 13.8 Å². The fraction of sp³-hybridized carbons (Fsp3) is 0.375. The van der Waals surface area contributed by atoms with E-state index in [1.165, 1.54) is 6.92 Å². The van der Waals surface area contributed by atoms with Gasteiger partial charge in [0.25, 0.3) is 0 Å². The molecule has 3 heteroatoms. The minimum Gasteiger partial charge on any atom is -0.294 e. The van der Waals surface area contributed by atoms with E-state index in [1.54, 1.807) is 18.2 Å². The maximum absolute atomic E-state index is 12.1. The Morgan fingerprint density at radius 2 is 1.89 bits per heavy atom. The third-order valence-electron chi connectivity index (χ3n) is 2.83. The van der Waals surface area contributed by atoms with Crippen LogP contribution in [0.2, 0.25) is 5.02 Å². The van der Waals surface area contributed by atoms with Gasteiger partial charge in [-0.05, 0) is 37.0 Å². The fourth-order valence-electron chi connectivity index (χ4n) is 1.68. The lowest BCUT2D eigenvalue weighted by Crippen LogP contribution is -2.11. The molecule has 0 aliphatic rings. The molecule has 1 rings (SSSR count). The summed E-state index contributed by atoms with van der Waals surface area (Å²) >= 11 is 6.04. The van der Waals surface area contributed by atoms with Gasteiger partial charge in [0.2, 0.25) is 0 Å². The number of hydrogen-bond acceptors (Lipinski definition) is 2. The van der Waals surface area contributed by atoms with Crippen molar-refractivity contribution in [3.63, 3.8) is 0 Å². The first-order valence-electron chi connectivity index (χ1n) is 6.42. The first kappa shape index (κ1) is 15.6. The average Bonchev–Trinajstić information content (AvgIpc) is 2.34. The lowest BCUT2D eigenvalue weighted by Gasteiger charge is -2.06. The molecule has 1 aromatic rings. The molecule has 0 aliphatic heterocycles. The third-order valence-corrected chi connectivity index (χ3v) is 3.18. The molecule has 0 atom stereocenters. The van der Waals surface area contributed by atoms with E-state index in [-0.39, 0.29) is 17.1 Å². The maximum Gasteiger partial charge on any atom is 0.166 e. The van der Waals surface area contributed by atoms with Crippen molar-refractivity contribution < 1.29 is 9.59 Å². The highest BCUT2D eigenvalue weighted by molar-refractivity contribution is 6.32. The zero-order chi connectivity index (χ0) is 14.4. The van der Waals surface area contributed by atoms with Crippen LogP contribution in [0, 0.1) is 5.92 Å². The summed E-state index contributed by atoms with van der Waals surface area (Å²) in [6.45, 7) is 5.52. The monoisotopic (exact) mass is 278 g/mol. The molecule has 0 aromatic heterocycles. The van der Waals surface area contributed by atoms with Crippen LogP contribution in [0.5, 0.6) is 0 Å². The van der Waals surface area contributed by atoms with E-state index >= 15 is 0 Å². The number of hydrogen-bond donors (Lipinski definition) is 0. The fourth-order valence-corrected chi connectivity index (χ4v) is 1.87. The zero-order valence-electron chi connectivity index (χ0n) is 11.6. The minimum atomic E-state index is -0.214. The molecule has 0 unspecified atom stereocenters. The van der Waals surface area contributed by atoms with Gasteiger partial charge in [-0.1, -0.05) is 43.6 Å². The largest absolute Gasteiger partial charge is 0.294 e. The van der Waals surface area contributed by atoms with Crippen LogP contribution in [0.4, 0.5) is 0 Å². The number of rotatable bonds is 6. The summed E-state index contributed by atoms with van der Waals surface area (Å²) in [5.41, 5.74) is 0.931. The van der Waals surface area contributed by atoms with E-state index in [0.29, 0.717) is 22.9 Å². The Morgan fingerprint density at radius 3 is 2.42 bits per heavy atom. The molecule has 1 aromatic carbocycles. The van der Waals surface area contributed by atoms with Gasteiger partial charge in [0.15, 0.2) is 11.6 Å². The molecule has 102 valence electrons. The van der Waals surface area contributed by atoms with Crippen molar-refractivity contribution in [2.75, 3.05) is 0 Å². The van der Waals surface area contributed by atoms with Crippen LogP contribution in [0.3, 0.4) is 0 Å². The van der Waals surface area contributed by atoms with Gasteiger partial charge in [-0.2, -0.15) is 0 Å². The zero-order valence-corrected chi connectivity index (χ0v) is 12.3. The molecule has 0 N–H and O–H groups in total. The second kappa shape index (κ2) is 7.25. The maximum atomic E-state index is 12.1. The van der Waals surface area contributed by atoms with Gasteiger partial charge < -0.3 is 0 Å². The van der Waals surface area contributed by atoms with Crippen molar-refractivity contribution in [3.05, 3.63) is 40.4 Å². The van der Waals surface area contributed by atoms with Crippen LogP contribution in [0.15, 0.2) is 29.8 Å². The quantitative estimate of drug-likeness (QED) is 0.441. The first-order chi connectivity index (χ1) is 8.91. The summed E-state index contributed by atoms with van der Waals surface area (Å²) in [4.78, 5) is 23.7. The Balaban J connectivity index is 2.98. The van der Waals surface area contributed by atoms with Crippen molar-refractivity contribution in [3.8, 4) is 0 Å². The number of halogens is 1. The van der Waals surface area contributed by atoms with Crippen LogP contribution < -0.4 is 0 Å². The van der Waals surface area contributed by atoms with Gasteiger partial charge in [0.05, 0.1) is 5.57 Å². The van der Waals surface area contributed by atoms with Gasteiger partial charge in [-0.25, -0.2) is 0 Å². The van der Waals surface area contributed by atoms with Crippen molar-refractivity contribution >= 4 is 29.2 Å². The molecule has 0 heterocycles. The van der Waals surface area contributed by atoms with Crippen molar-refractivity contribution in [2.45, 2.75) is 33.6 Å². The first-order valence-corrected chi connectivity index (χ1v) is 6.80. The lowest BCUT2D eigenvalue weighted by molar-refractivity contribution is -0.120. The summed E-state index contributed by atoms with van der Waals surface area (Å²) in [7, 11) is 0. The van der Waals surface area contributed by atoms with Crippen LogP contribution in [0.1, 0.15) is 39.2 Å². The van der Waals surface area contributed by atoms with Gasteiger partial charge in [-0.3, -0.25) is 9.59 Å². The Morgan fingerprint density at radius 1 is 1.26 bits per heavy atom. The summed E-state index contributed by atoms with van der Waals surface area (Å²) in [5, 5.41) is 0.540. The number of benzene rings is 1. The van der Waals surface area contributed by atoms with E-state index in [4.69, 9.17) is 11.6 Å². The molecule has 2 nitrogen and oxygen atoms in total. The number of allylic oxidation sites excluding steroid dienone is 1. The predicted octanol–water partition coefficient (Wildman–Crippen LogP) is 4.32. The van der Waals surface area contributed by atoms with Gasteiger partial charge in [-0.15, -0.1) is 0 Å². The molecule has 0 fully saturated rings. The molecular formula is C16H19ClO2. The number of carbonyl (C=O) groups is 2. The highest BCUT2D eigenvalue weighted by Gasteiger charge is 2.15. The molecule has 0 amide bonds. The van der Waals surface area contributed by atoms with Gasteiger partial charge >= 0.3 is 0 Å². The van der Waals surface area contributed by atoms with Crippen LogP contribution in [-0.2, 0) is 9.59 Å². The Hall–Kier alpha value is -1.41. The van der Waals surface area contributed by atoms with Gasteiger partial charge in [0.1, 0.15) is 0 Å². The van der Waals surface area contributed by atoms with Crippen LogP contribution in [0.25, 0.3) is 6.08 Å². The second-order valence-corrected chi connectivity index (χ2v) is 5.40. The normalized spacial score (nSPS) is 11.7. The summed E-state index contributed by atoms with van der Waals surface area (Å²) in [5.74, 6) is 0.118. The SMILES string of the molecule is CC(=O)/C(=C/c1ccccc1Cl)C(=O)CCC(C)C. The molecule has 0 aliphatic carbocycles. The van der Waals surface area contributed by atoms with E-state index in [0.717, 1.165) is 6.42 Å². The van der Waals surface area contributed by atoms with Crippen molar-refractivity contribution in [1.29, 1.82) is 0 Å². The molecule has 0 bridgehead atoms. The Kier molecular flexibility index (Phi) is 5.97. The van der Waals surface area contributed by atoms with Gasteiger partial charge in [0, 0.05) is 11.4 Å². The lowest BCUT2D eigenvalue weighted by atomic mass is 9.97. The van der Waals surface area contributed by atoms with Crippen molar-refractivity contribution in [2.24, 2.45) is 5.92 Å². The number of Topliss-reactive ketones (excluding diaryl/α,β-unsaturated/α-hetero) is 2. The Bertz CT molecular complexity index is 501. The topological polar surface area (TPSA) is 34.1 Å². The summed E-state index contributed by atoms with van der Waals surface area (Å²) < 4.78 is 0. The molecule has 0 saturated carbocycles. The molecule has 0 radical (unpaired) electrons. The molecule has 0 saturated heterocycles. The van der Waals surface area contributed by atoms with E-state index < -0.39 is 0 Å². The molecule has 19 heavy (non-hydrogen) atoms.